The van der Waals surface area contributed by atoms with Crippen molar-refractivity contribution in [2.45, 2.75) is 24.0 Å². The van der Waals surface area contributed by atoms with Crippen molar-refractivity contribution in [2.24, 2.45) is 0 Å². The molecule has 0 aromatic heterocycles. The van der Waals surface area contributed by atoms with Crippen LogP contribution in [0.4, 0.5) is 0 Å². The van der Waals surface area contributed by atoms with Gasteiger partial charge in [-0.1, -0.05) is 48.5 Å². The highest BCUT2D eigenvalue weighted by Crippen LogP contribution is 2.26. The molecule has 1 N–H and O–H groups in total. The molecule has 2 aromatic rings. The van der Waals surface area contributed by atoms with E-state index in [1.165, 1.54) is 0 Å². The van der Waals surface area contributed by atoms with E-state index in [9.17, 15) is 9.32 Å². The lowest BCUT2D eigenvalue weighted by Crippen LogP contribution is -2.19. The molecular formula is C18H23NO2S. The van der Waals surface area contributed by atoms with Crippen LogP contribution in [-0.2, 0) is 10.8 Å². The summed E-state index contributed by atoms with van der Waals surface area (Å²) in [5.41, 5.74) is 1.85. The van der Waals surface area contributed by atoms with Crippen LogP contribution in [0.3, 0.4) is 0 Å². The molecule has 0 heterocycles. The van der Waals surface area contributed by atoms with E-state index in [4.69, 9.17) is 0 Å². The van der Waals surface area contributed by atoms with E-state index in [0.717, 1.165) is 16.0 Å². The summed E-state index contributed by atoms with van der Waals surface area (Å²) in [7, 11) is 2.77. The predicted molar refractivity (Wildman–Crippen MR) is 91.2 cm³/mol. The van der Waals surface area contributed by atoms with E-state index in [0.29, 0.717) is 0 Å². The van der Waals surface area contributed by atoms with Gasteiger partial charge in [0.05, 0.1) is 22.7 Å². The smallest absolute Gasteiger partial charge is 0.0908 e. The maximum atomic E-state index is 12.7. The largest absolute Gasteiger partial charge is 0.387 e. The molecule has 22 heavy (non-hydrogen) atoms. The minimum atomic E-state index is -1.24. The molecule has 3 nitrogen and oxygen atoms in total. The Labute approximate surface area is 135 Å². The van der Waals surface area contributed by atoms with Crippen LogP contribution in [0.5, 0.6) is 0 Å². The fourth-order valence-corrected chi connectivity index (χ4v) is 3.71. The van der Waals surface area contributed by atoms with Gasteiger partial charge in [0.25, 0.3) is 0 Å². The minimum Gasteiger partial charge on any atom is -0.387 e. The van der Waals surface area contributed by atoms with Crippen LogP contribution in [-0.4, -0.2) is 34.1 Å². The number of rotatable bonds is 6. The second kappa shape index (κ2) is 7.68. The minimum absolute atomic E-state index is 0.175. The summed E-state index contributed by atoms with van der Waals surface area (Å²) < 4.78 is 12.7. The van der Waals surface area contributed by atoms with Crippen molar-refractivity contribution in [2.75, 3.05) is 19.8 Å². The molecular weight excluding hydrogens is 294 g/mol. The van der Waals surface area contributed by atoms with Gasteiger partial charge in [-0.05, 0) is 38.2 Å². The average Bonchev–Trinajstić information content (AvgIpc) is 2.54. The van der Waals surface area contributed by atoms with Gasteiger partial charge in [0.2, 0.25) is 0 Å². The summed E-state index contributed by atoms with van der Waals surface area (Å²) in [6.07, 6.45) is -0.718. The van der Waals surface area contributed by atoms with E-state index in [1.807, 2.05) is 68.7 Å². The van der Waals surface area contributed by atoms with Gasteiger partial charge in [-0.2, -0.15) is 0 Å². The third kappa shape index (κ3) is 4.03. The molecule has 0 unspecified atom stereocenters. The van der Waals surface area contributed by atoms with Crippen molar-refractivity contribution in [3.63, 3.8) is 0 Å². The van der Waals surface area contributed by atoms with E-state index in [-0.39, 0.29) is 11.8 Å². The van der Waals surface area contributed by atoms with Crippen molar-refractivity contribution in [1.82, 2.24) is 4.90 Å². The first-order valence-electron chi connectivity index (χ1n) is 7.37. The molecule has 0 fully saturated rings. The van der Waals surface area contributed by atoms with E-state index < -0.39 is 16.9 Å². The number of hydrogen-bond acceptors (Lipinski definition) is 3. The quantitative estimate of drug-likeness (QED) is 0.890. The van der Waals surface area contributed by atoms with Gasteiger partial charge < -0.3 is 10.0 Å². The fourth-order valence-electron chi connectivity index (χ4n) is 2.32. The number of benzene rings is 2. The van der Waals surface area contributed by atoms with Crippen LogP contribution in [0, 0.1) is 0 Å². The van der Waals surface area contributed by atoms with Crippen LogP contribution in [0.1, 0.15) is 30.2 Å². The van der Waals surface area contributed by atoms with Crippen LogP contribution in [0.25, 0.3) is 0 Å². The van der Waals surface area contributed by atoms with E-state index in [1.54, 1.807) is 0 Å². The van der Waals surface area contributed by atoms with Crippen molar-refractivity contribution in [3.8, 4) is 0 Å². The maximum Gasteiger partial charge on any atom is 0.0908 e. The van der Waals surface area contributed by atoms with Gasteiger partial charge >= 0.3 is 0 Å². The Morgan fingerprint density at radius 1 is 1.05 bits per heavy atom. The Bertz CT molecular complexity index is 628. The van der Waals surface area contributed by atoms with E-state index in [2.05, 4.69) is 11.8 Å². The first-order chi connectivity index (χ1) is 10.5. The Morgan fingerprint density at radius 2 is 1.64 bits per heavy atom. The van der Waals surface area contributed by atoms with Gasteiger partial charge in [-0.3, -0.25) is 4.21 Å². The lowest BCUT2D eigenvalue weighted by Gasteiger charge is -2.23. The van der Waals surface area contributed by atoms with Gasteiger partial charge in [0.15, 0.2) is 0 Å². The zero-order chi connectivity index (χ0) is 16.1. The Kier molecular flexibility index (Phi) is 5.89. The van der Waals surface area contributed by atoms with Gasteiger partial charge in [-0.15, -0.1) is 0 Å². The fraction of sp³-hybridized carbons (Fsp3) is 0.333. The summed E-state index contributed by atoms with van der Waals surface area (Å²) >= 11 is 0. The van der Waals surface area contributed by atoms with Crippen LogP contribution >= 0.6 is 0 Å². The Balaban J connectivity index is 2.20. The molecule has 4 heteroatoms. The first kappa shape index (κ1) is 16.9. The second-order valence-corrected chi connectivity index (χ2v) is 7.08. The third-order valence-corrected chi connectivity index (χ3v) is 5.36. The zero-order valence-electron chi connectivity index (χ0n) is 13.3. The standard InChI is InChI=1S/C18H23NO2S/c1-14(19(2)3)16-11-7-8-12-18(16)22(21)13-17(20)15-9-5-4-6-10-15/h4-12,14,17,20H,13H2,1-3H3/t14-,17+,22+/m1/s1. The molecule has 3 atom stereocenters. The predicted octanol–water partition coefficient (Wildman–Crippen LogP) is 3.15. The molecule has 0 spiro atoms. The van der Waals surface area contributed by atoms with Crippen LogP contribution < -0.4 is 0 Å². The van der Waals surface area contributed by atoms with Crippen molar-refractivity contribution >= 4 is 10.8 Å². The molecule has 118 valence electrons. The molecule has 0 radical (unpaired) electrons. The first-order valence-corrected chi connectivity index (χ1v) is 8.69. The highest BCUT2D eigenvalue weighted by Gasteiger charge is 2.19. The van der Waals surface area contributed by atoms with Crippen molar-refractivity contribution < 1.29 is 9.32 Å². The summed E-state index contributed by atoms with van der Waals surface area (Å²) in [5, 5.41) is 10.3. The van der Waals surface area contributed by atoms with Gasteiger partial charge in [0, 0.05) is 10.9 Å². The zero-order valence-corrected chi connectivity index (χ0v) is 14.1. The van der Waals surface area contributed by atoms with Crippen molar-refractivity contribution in [3.05, 3.63) is 65.7 Å². The number of aliphatic hydroxyl groups excluding tert-OH is 1. The van der Waals surface area contributed by atoms with E-state index >= 15 is 0 Å². The summed E-state index contributed by atoms with van der Waals surface area (Å²) in [6.45, 7) is 2.09. The Morgan fingerprint density at radius 3 is 2.27 bits per heavy atom. The molecule has 0 bridgehead atoms. The molecule has 2 aromatic carbocycles. The summed E-state index contributed by atoms with van der Waals surface area (Å²) in [6, 6.07) is 17.3. The van der Waals surface area contributed by atoms with Crippen molar-refractivity contribution in [1.29, 1.82) is 0 Å². The number of nitrogens with zero attached hydrogens (tertiary/aromatic N) is 1. The monoisotopic (exact) mass is 317 g/mol. The molecule has 0 aliphatic carbocycles. The number of aliphatic hydroxyl groups is 1. The molecule has 2 rings (SSSR count). The molecule has 0 saturated carbocycles. The highest BCUT2D eigenvalue weighted by molar-refractivity contribution is 7.85. The average molecular weight is 317 g/mol. The lowest BCUT2D eigenvalue weighted by atomic mass is 10.1. The summed E-state index contributed by atoms with van der Waals surface area (Å²) in [4.78, 5) is 2.89. The third-order valence-electron chi connectivity index (χ3n) is 3.88. The maximum absolute atomic E-state index is 12.7. The normalized spacial score (nSPS) is 15.5. The molecule has 0 amide bonds. The summed E-state index contributed by atoms with van der Waals surface area (Å²) in [5.74, 6) is 0.209. The van der Waals surface area contributed by atoms with Gasteiger partial charge in [-0.25, -0.2) is 0 Å². The van der Waals surface area contributed by atoms with Crippen LogP contribution in [0.15, 0.2) is 59.5 Å². The topological polar surface area (TPSA) is 40.5 Å². The second-order valence-electron chi connectivity index (χ2n) is 5.62. The highest BCUT2D eigenvalue weighted by atomic mass is 32.2. The van der Waals surface area contributed by atoms with Crippen LogP contribution in [0.2, 0.25) is 0 Å². The SMILES string of the molecule is C[C@H](c1ccccc1[S@@](=O)C[C@H](O)c1ccccc1)N(C)C. The molecule has 0 aliphatic rings. The lowest BCUT2D eigenvalue weighted by molar-refractivity contribution is 0.203. The molecule has 0 aliphatic heterocycles. The van der Waals surface area contributed by atoms with Gasteiger partial charge in [0.1, 0.15) is 0 Å². The Hall–Kier alpha value is -1.49. The molecule has 0 saturated heterocycles. The number of hydrogen-bond donors (Lipinski definition) is 1.